The molecular formula is C17H20N6O4. The van der Waals surface area contributed by atoms with Gasteiger partial charge in [0.1, 0.15) is 11.8 Å². The van der Waals surface area contributed by atoms with E-state index in [-0.39, 0.29) is 25.4 Å². The standard InChI is InChI=1S/C17H20N6O4/c24-14(25)7-4-8-18-17(27)19-10-13-21-15-12(16(26)22-13)9-20-23(15)11-5-2-1-3-6-11/h1-3,5-6,9,12,15H,4,7-8,10H2,(H,24,25)(H2,18,19,27)(H,21,22,26)/t12-,15-/m1/s1. The Bertz CT molecular complexity index is 779. The molecule has 0 bridgehead atoms. The van der Waals surface area contributed by atoms with Gasteiger partial charge >= 0.3 is 12.0 Å². The van der Waals surface area contributed by atoms with Crippen LogP contribution < -0.4 is 21.0 Å². The smallest absolute Gasteiger partial charge is 0.315 e. The van der Waals surface area contributed by atoms with E-state index < -0.39 is 24.1 Å². The van der Waals surface area contributed by atoms with Crippen molar-refractivity contribution in [2.75, 3.05) is 18.1 Å². The monoisotopic (exact) mass is 372 g/mol. The summed E-state index contributed by atoms with van der Waals surface area (Å²) in [5.41, 5.74) is 0.822. The number of carbonyl (C=O) groups is 3. The average molecular weight is 372 g/mol. The number of anilines is 1. The van der Waals surface area contributed by atoms with Gasteiger partial charge in [-0.3, -0.25) is 9.59 Å². The third-order valence-corrected chi connectivity index (χ3v) is 4.07. The first-order valence-electron chi connectivity index (χ1n) is 8.54. The topological polar surface area (TPSA) is 135 Å². The second kappa shape index (κ2) is 8.30. The molecule has 2 atom stereocenters. The summed E-state index contributed by atoms with van der Waals surface area (Å²) < 4.78 is 0. The van der Waals surface area contributed by atoms with Crippen molar-refractivity contribution in [1.82, 2.24) is 16.0 Å². The minimum atomic E-state index is -0.909. The fraction of sp³-hybridized carbons (Fsp3) is 0.353. The van der Waals surface area contributed by atoms with E-state index in [0.29, 0.717) is 12.3 Å². The fourth-order valence-corrected chi connectivity index (χ4v) is 2.75. The van der Waals surface area contributed by atoms with Crippen LogP contribution in [-0.2, 0) is 9.59 Å². The highest BCUT2D eigenvalue weighted by Gasteiger charge is 2.40. The van der Waals surface area contributed by atoms with Gasteiger partial charge in [0.25, 0.3) is 0 Å². The molecule has 27 heavy (non-hydrogen) atoms. The Morgan fingerprint density at radius 3 is 2.74 bits per heavy atom. The molecule has 0 saturated heterocycles. The molecule has 10 nitrogen and oxygen atoms in total. The van der Waals surface area contributed by atoms with Gasteiger partial charge in [-0.15, -0.1) is 0 Å². The van der Waals surface area contributed by atoms with E-state index in [9.17, 15) is 14.4 Å². The zero-order valence-corrected chi connectivity index (χ0v) is 14.5. The number of urea groups is 1. The molecule has 142 valence electrons. The van der Waals surface area contributed by atoms with Crippen LogP contribution >= 0.6 is 0 Å². The van der Waals surface area contributed by atoms with Crippen molar-refractivity contribution in [3.05, 3.63) is 30.3 Å². The van der Waals surface area contributed by atoms with Crippen molar-refractivity contribution in [2.45, 2.75) is 19.0 Å². The molecule has 2 heterocycles. The number of amidine groups is 1. The number of amides is 3. The first-order valence-corrected chi connectivity index (χ1v) is 8.54. The van der Waals surface area contributed by atoms with Gasteiger partial charge in [-0.1, -0.05) is 18.2 Å². The highest BCUT2D eigenvalue weighted by molar-refractivity contribution is 6.09. The molecule has 0 aromatic heterocycles. The van der Waals surface area contributed by atoms with Gasteiger partial charge in [0.2, 0.25) is 5.91 Å². The third kappa shape index (κ3) is 4.60. The van der Waals surface area contributed by atoms with Crippen molar-refractivity contribution in [3.63, 3.8) is 0 Å². The third-order valence-electron chi connectivity index (χ3n) is 4.07. The molecule has 0 aliphatic carbocycles. The summed E-state index contributed by atoms with van der Waals surface area (Å²) >= 11 is 0. The molecule has 0 spiro atoms. The van der Waals surface area contributed by atoms with Crippen molar-refractivity contribution >= 4 is 35.6 Å². The number of rotatable bonds is 7. The first-order chi connectivity index (χ1) is 13.0. The summed E-state index contributed by atoms with van der Waals surface area (Å²) in [4.78, 5) is 39.0. The molecule has 10 heteroatoms. The van der Waals surface area contributed by atoms with Crippen LogP contribution in [0.5, 0.6) is 0 Å². The van der Waals surface area contributed by atoms with Crippen LogP contribution in [0.1, 0.15) is 12.8 Å². The van der Waals surface area contributed by atoms with Crippen molar-refractivity contribution in [1.29, 1.82) is 0 Å². The molecule has 2 aliphatic rings. The van der Waals surface area contributed by atoms with Crippen LogP contribution in [0, 0.1) is 5.92 Å². The number of aliphatic imine (C=N–C) groups is 1. The average Bonchev–Trinajstić information content (AvgIpc) is 3.09. The summed E-state index contributed by atoms with van der Waals surface area (Å²) in [6.07, 6.45) is 1.40. The van der Waals surface area contributed by atoms with Crippen LogP contribution in [-0.4, -0.2) is 54.3 Å². The number of carboxylic acids is 1. The van der Waals surface area contributed by atoms with Gasteiger partial charge in [0.05, 0.1) is 12.2 Å². The molecule has 4 N–H and O–H groups in total. The molecule has 2 aliphatic heterocycles. The molecule has 0 radical (unpaired) electrons. The van der Waals surface area contributed by atoms with Gasteiger partial charge in [0, 0.05) is 19.2 Å². The van der Waals surface area contributed by atoms with Gasteiger partial charge in [-0.25, -0.2) is 14.8 Å². The number of carboxylic acid groups (broad SMARTS) is 1. The van der Waals surface area contributed by atoms with Gasteiger partial charge in [-0.05, 0) is 18.6 Å². The number of hydrogen-bond acceptors (Lipinski definition) is 6. The predicted octanol–water partition coefficient (Wildman–Crippen LogP) is 0.127. The second-order valence-corrected chi connectivity index (χ2v) is 6.06. The first kappa shape index (κ1) is 18.4. The fourth-order valence-electron chi connectivity index (χ4n) is 2.75. The van der Waals surface area contributed by atoms with E-state index in [1.165, 1.54) is 0 Å². The second-order valence-electron chi connectivity index (χ2n) is 6.06. The Kier molecular flexibility index (Phi) is 5.64. The molecule has 0 unspecified atom stereocenters. The predicted molar refractivity (Wildman–Crippen MR) is 98.5 cm³/mol. The van der Waals surface area contributed by atoms with E-state index in [0.717, 1.165) is 5.69 Å². The molecule has 1 aromatic carbocycles. The summed E-state index contributed by atoms with van der Waals surface area (Å²) in [5, 5.41) is 22.3. The number of para-hydroxylation sites is 1. The minimum Gasteiger partial charge on any atom is -0.481 e. The molecule has 3 rings (SSSR count). The van der Waals surface area contributed by atoms with Gasteiger partial charge < -0.3 is 21.1 Å². The molecule has 0 fully saturated rings. The number of fused-ring (bicyclic) bond motifs is 1. The lowest BCUT2D eigenvalue weighted by Gasteiger charge is -2.28. The molecular weight excluding hydrogens is 352 g/mol. The van der Waals surface area contributed by atoms with Gasteiger partial charge in [0.15, 0.2) is 6.17 Å². The quantitative estimate of drug-likeness (QED) is 0.505. The van der Waals surface area contributed by atoms with Crippen LogP contribution in [0.25, 0.3) is 0 Å². The highest BCUT2D eigenvalue weighted by Crippen LogP contribution is 2.27. The van der Waals surface area contributed by atoms with Gasteiger partial charge in [-0.2, -0.15) is 5.10 Å². The largest absolute Gasteiger partial charge is 0.481 e. The van der Waals surface area contributed by atoms with Crippen molar-refractivity contribution in [2.24, 2.45) is 16.0 Å². The van der Waals surface area contributed by atoms with E-state index in [2.05, 4.69) is 26.0 Å². The number of nitrogens with one attached hydrogen (secondary N) is 3. The summed E-state index contributed by atoms with van der Waals surface area (Å²) in [7, 11) is 0. The number of hydrazone groups is 1. The summed E-state index contributed by atoms with van der Waals surface area (Å²) in [6, 6.07) is 8.95. The highest BCUT2D eigenvalue weighted by atomic mass is 16.4. The van der Waals surface area contributed by atoms with Crippen LogP contribution in [0.4, 0.5) is 10.5 Å². The van der Waals surface area contributed by atoms with E-state index >= 15 is 0 Å². The molecule has 3 amide bonds. The van der Waals surface area contributed by atoms with E-state index in [1.54, 1.807) is 11.2 Å². The van der Waals surface area contributed by atoms with Crippen LogP contribution in [0.3, 0.4) is 0 Å². The lowest BCUT2D eigenvalue weighted by Crippen LogP contribution is -2.52. The summed E-state index contributed by atoms with van der Waals surface area (Å²) in [5.74, 6) is -1.28. The zero-order chi connectivity index (χ0) is 19.2. The molecule has 1 aromatic rings. The summed E-state index contributed by atoms with van der Waals surface area (Å²) in [6.45, 7) is 0.291. The Morgan fingerprint density at radius 1 is 1.22 bits per heavy atom. The van der Waals surface area contributed by atoms with Crippen LogP contribution in [0.15, 0.2) is 40.4 Å². The normalized spacial score (nSPS) is 20.5. The number of carbonyl (C=O) groups excluding carboxylic acids is 2. The molecule has 0 saturated carbocycles. The lowest BCUT2D eigenvalue weighted by atomic mass is 10.1. The number of hydrogen-bond donors (Lipinski definition) is 4. The maximum absolute atomic E-state index is 12.3. The number of benzene rings is 1. The Balaban J connectivity index is 1.56. The Labute approximate surface area is 155 Å². The minimum absolute atomic E-state index is 0.0125. The number of aliphatic carboxylic acids is 1. The van der Waals surface area contributed by atoms with Crippen molar-refractivity contribution < 1.29 is 19.5 Å². The maximum Gasteiger partial charge on any atom is 0.315 e. The lowest BCUT2D eigenvalue weighted by molar-refractivity contribution is -0.137. The Hall–Kier alpha value is -3.43. The zero-order valence-electron chi connectivity index (χ0n) is 14.5. The van der Waals surface area contributed by atoms with Crippen molar-refractivity contribution in [3.8, 4) is 0 Å². The Morgan fingerprint density at radius 2 is 2.00 bits per heavy atom. The SMILES string of the molecule is O=C(O)CCCNC(=O)NCC1=N[C@H]2[C@@H](C=NN2c2ccccc2)C(=O)N1. The maximum atomic E-state index is 12.3. The number of nitrogens with zero attached hydrogens (tertiary/aromatic N) is 3. The van der Waals surface area contributed by atoms with E-state index in [1.807, 2.05) is 30.3 Å². The van der Waals surface area contributed by atoms with E-state index in [4.69, 9.17) is 5.11 Å². The van der Waals surface area contributed by atoms with Crippen LogP contribution in [0.2, 0.25) is 0 Å².